The van der Waals surface area contributed by atoms with Crippen LogP contribution in [0.5, 0.6) is 0 Å². The Kier molecular flexibility index (Phi) is 12.1. The summed E-state index contributed by atoms with van der Waals surface area (Å²) in [6.07, 6.45) is 5.08. The van der Waals surface area contributed by atoms with E-state index in [-0.39, 0.29) is 18.8 Å². The van der Waals surface area contributed by atoms with Gasteiger partial charge in [0.05, 0.1) is 12.4 Å². The number of carbonyl (C=O) groups excluding carboxylic acids is 3. The molecule has 1 aromatic rings. The van der Waals surface area contributed by atoms with E-state index >= 15 is 0 Å². The number of unbranched alkanes of at least 4 members (excludes halogenated alkanes) is 1. The van der Waals surface area contributed by atoms with Gasteiger partial charge < -0.3 is 37.5 Å². The molecule has 3 amide bonds. The Hall–Kier alpha value is -2.99. The van der Waals surface area contributed by atoms with Gasteiger partial charge in [0.1, 0.15) is 18.1 Å². The minimum atomic E-state index is -1.19. The van der Waals surface area contributed by atoms with E-state index in [1.165, 1.54) is 13.3 Å². The van der Waals surface area contributed by atoms with E-state index in [1.807, 2.05) is 13.8 Å². The third-order valence-corrected chi connectivity index (χ3v) is 4.98. The maximum absolute atomic E-state index is 13.0. The van der Waals surface area contributed by atoms with E-state index in [9.17, 15) is 19.2 Å². The highest BCUT2D eigenvalue weighted by molar-refractivity contribution is 5.94. The van der Waals surface area contributed by atoms with Crippen molar-refractivity contribution in [2.75, 3.05) is 6.54 Å². The van der Waals surface area contributed by atoms with E-state index in [2.05, 4.69) is 25.9 Å². The summed E-state index contributed by atoms with van der Waals surface area (Å²) in [6.45, 7) is 5.56. The molecule has 0 fully saturated rings. The molecule has 0 aliphatic rings. The normalized spacial score (nSPS) is 14.7. The minimum absolute atomic E-state index is 0.0708. The second-order valence-corrected chi connectivity index (χ2v) is 8.49. The summed E-state index contributed by atoms with van der Waals surface area (Å²) in [6, 6.07) is -3.88. The summed E-state index contributed by atoms with van der Waals surface area (Å²) >= 11 is 0. The van der Waals surface area contributed by atoms with E-state index in [0.717, 1.165) is 0 Å². The lowest BCUT2D eigenvalue weighted by molar-refractivity contribution is -0.141. The van der Waals surface area contributed by atoms with Gasteiger partial charge in [-0.2, -0.15) is 0 Å². The monoisotopic (exact) mass is 467 g/mol. The van der Waals surface area contributed by atoms with Crippen LogP contribution in [0.25, 0.3) is 0 Å². The average molecular weight is 468 g/mol. The van der Waals surface area contributed by atoms with Gasteiger partial charge in [0.15, 0.2) is 0 Å². The molecule has 0 aromatic carbocycles. The van der Waals surface area contributed by atoms with Crippen molar-refractivity contribution >= 4 is 23.7 Å². The molecule has 1 rings (SSSR count). The van der Waals surface area contributed by atoms with Crippen molar-refractivity contribution in [1.82, 2.24) is 25.9 Å². The molecule has 0 aliphatic carbocycles. The zero-order valence-corrected chi connectivity index (χ0v) is 19.5. The number of imidazole rings is 1. The number of amides is 3. The molecule has 9 N–H and O–H groups in total. The number of aliphatic carboxylic acids is 1. The fourth-order valence-corrected chi connectivity index (χ4v) is 3.12. The van der Waals surface area contributed by atoms with Gasteiger partial charge in [0, 0.05) is 18.3 Å². The quantitative estimate of drug-likeness (QED) is 0.159. The van der Waals surface area contributed by atoms with Gasteiger partial charge in [-0.1, -0.05) is 13.8 Å². The number of H-pyrrole nitrogens is 1. The number of hydrogen-bond acceptors (Lipinski definition) is 7. The largest absolute Gasteiger partial charge is 0.480 e. The van der Waals surface area contributed by atoms with Gasteiger partial charge in [-0.25, -0.2) is 4.98 Å². The second-order valence-electron chi connectivity index (χ2n) is 8.49. The molecule has 0 radical (unpaired) electrons. The number of hydrogen-bond donors (Lipinski definition) is 7. The number of aromatic nitrogens is 2. The number of carbonyl (C=O) groups is 4. The van der Waals surface area contributed by atoms with Crippen LogP contribution in [0.15, 0.2) is 12.5 Å². The summed E-state index contributed by atoms with van der Waals surface area (Å²) in [5.41, 5.74) is 12.2. The van der Waals surface area contributed by atoms with Crippen LogP contribution < -0.4 is 27.4 Å². The molecule has 186 valence electrons. The SMILES string of the molecule is CC(C)CC(NC(=O)C(N)Cc1cnc[nH]1)C(=O)NC(CCCCN)C(=O)NC(C)C(=O)O. The number of rotatable bonds is 15. The summed E-state index contributed by atoms with van der Waals surface area (Å²) in [5, 5.41) is 16.8. The highest BCUT2D eigenvalue weighted by atomic mass is 16.4. The van der Waals surface area contributed by atoms with Crippen LogP contribution in [0.2, 0.25) is 0 Å². The molecule has 33 heavy (non-hydrogen) atoms. The third-order valence-electron chi connectivity index (χ3n) is 4.98. The Bertz CT molecular complexity index is 769. The Labute approximate surface area is 193 Å². The lowest BCUT2D eigenvalue weighted by atomic mass is 10.0. The first-order chi connectivity index (χ1) is 15.5. The predicted octanol–water partition coefficient (Wildman–Crippen LogP) is -0.986. The van der Waals surface area contributed by atoms with Crippen molar-refractivity contribution in [3.05, 3.63) is 18.2 Å². The molecule has 12 nitrogen and oxygen atoms in total. The fourth-order valence-electron chi connectivity index (χ4n) is 3.12. The molecule has 0 aliphatic heterocycles. The number of carboxylic acids is 1. The maximum Gasteiger partial charge on any atom is 0.325 e. The zero-order chi connectivity index (χ0) is 25.0. The molecule has 1 heterocycles. The molecular weight excluding hydrogens is 430 g/mol. The van der Waals surface area contributed by atoms with Gasteiger partial charge in [-0.05, 0) is 45.1 Å². The van der Waals surface area contributed by atoms with Gasteiger partial charge in [-0.15, -0.1) is 0 Å². The zero-order valence-electron chi connectivity index (χ0n) is 19.5. The first-order valence-electron chi connectivity index (χ1n) is 11.1. The van der Waals surface area contributed by atoms with Crippen molar-refractivity contribution < 1.29 is 24.3 Å². The minimum Gasteiger partial charge on any atom is -0.480 e. The Morgan fingerprint density at radius 3 is 2.21 bits per heavy atom. The van der Waals surface area contributed by atoms with Crippen LogP contribution in [0.4, 0.5) is 0 Å². The average Bonchev–Trinajstić information content (AvgIpc) is 3.24. The molecule has 4 atom stereocenters. The van der Waals surface area contributed by atoms with Gasteiger partial charge in [0.25, 0.3) is 0 Å². The van der Waals surface area contributed by atoms with Crippen molar-refractivity contribution in [2.45, 2.75) is 77.0 Å². The van der Waals surface area contributed by atoms with Gasteiger partial charge >= 0.3 is 5.97 Å². The Morgan fingerprint density at radius 2 is 1.67 bits per heavy atom. The highest BCUT2D eigenvalue weighted by Gasteiger charge is 2.29. The molecule has 0 spiro atoms. The van der Waals surface area contributed by atoms with Gasteiger partial charge in [-0.3, -0.25) is 19.2 Å². The molecular formula is C21H37N7O5. The smallest absolute Gasteiger partial charge is 0.325 e. The lowest BCUT2D eigenvalue weighted by Gasteiger charge is -2.25. The van der Waals surface area contributed by atoms with E-state index in [1.54, 1.807) is 6.20 Å². The predicted molar refractivity (Wildman–Crippen MR) is 122 cm³/mol. The van der Waals surface area contributed by atoms with Crippen LogP contribution in [-0.2, 0) is 25.6 Å². The first-order valence-corrected chi connectivity index (χ1v) is 11.1. The summed E-state index contributed by atoms with van der Waals surface area (Å²) in [5.74, 6) is -2.77. The molecule has 0 saturated carbocycles. The standard InChI is InChI=1S/C21H37N7O5/c1-12(2)8-17(28-18(29)15(23)9-14-10-24-11-25-14)20(31)27-16(6-4-5-7-22)19(30)26-13(3)21(32)33/h10-13,15-17H,4-9,22-23H2,1-3H3,(H,24,25)(H,26,30)(H,27,31)(H,28,29)(H,32,33). The van der Waals surface area contributed by atoms with Crippen LogP contribution in [0, 0.1) is 5.92 Å². The fraction of sp³-hybridized carbons (Fsp3) is 0.667. The van der Waals surface area contributed by atoms with Gasteiger partial charge in [0.2, 0.25) is 17.7 Å². The van der Waals surface area contributed by atoms with Crippen LogP contribution >= 0.6 is 0 Å². The number of aromatic amines is 1. The van der Waals surface area contributed by atoms with E-state index in [0.29, 0.717) is 31.5 Å². The van der Waals surface area contributed by atoms with Crippen molar-refractivity contribution in [2.24, 2.45) is 17.4 Å². The number of carboxylic acid groups (broad SMARTS) is 1. The van der Waals surface area contributed by atoms with Crippen LogP contribution in [-0.4, -0.2) is 69.5 Å². The Balaban J connectivity index is 2.87. The van der Waals surface area contributed by atoms with Crippen molar-refractivity contribution in [3.63, 3.8) is 0 Å². The van der Waals surface area contributed by atoms with E-state index < -0.39 is 47.9 Å². The summed E-state index contributed by atoms with van der Waals surface area (Å²) in [4.78, 5) is 56.1. The summed E-state index contributed by atoms with van der Waals surface area (Å²) in [7, 11) is 0. The maximum atomic E-state index is 13.0. The number of nitrogens with one attached hydrogen (secondary N) is 4. The van der Waals surface area contributed by atoms with Crippen LogP contribution in [0.3, 0.4) is 0 Å². The molecule has 0 saturated heterocycles. The van der Waals surface area contributed by atoms with Crippen molar-refractivity contribution in [1.29, 1.82) is 0 Å². The topological polar surface area (TPSA) is 205 Å². The lowest BCUT2D eigenvalue weighted by Crippen LogP contribution is -2.57. The summed E-state index contributed by atoms with van der Waals surface area (Å²) < 4.78 is 0. The van der Waals surface area contributed by atoms with Crippen molar-refractivity contribution in [3.8, 4) is 0 Å². The molecule has 1 aromatic heterocycles. The molecule has 4 unspecified atom stereocenters. The highest BCUT2D eigenvalue weighted by Crippen LogP contribution is 2.08. The first kappa shape index (κ1) is 28.0. The Morgan fingerprint density at radius 1 is 1.03 bits per heavy atom. The van der Waals surface area contributed by atoms with E-state index in [4.69, 9.17) is 16.6 Å². The second kappa shape index (κ2) is 14.2. The number of nitrogens with two attached hydrogens (primary N) is 2. The number of nitrogens with zero attached hydrogens (tertiary/aromatic N) is 1. The third kappa shape index (κ3) is 10.4. The molecule has 12 heteroatoms. The van der Waals surface area contributed by atoms with Crippen LogP contribution in [0.1, 0.15) is 52.1 Å². The molecule has 0 bridgehead atoms.